The van der Waals surface area contributed by atoms with Gasteiger partial charge in [-0.05, 0) is 48.7 Å². The molecule has 2 aromatic carbocycles. The first-order chi connectivity index (χ1) is 13.2. The predicted octanol–water partition coefficient (Wildman–Crippen LogP) is 3.74. The molecular formula is C21H20N4O2. The number of fused-ring (bicyclic) bond motifs is 1. The summed E-state index contributed by atoms with van der Waals surface area (Å²) in [6.07, 6.45) is 2.56. The third kappa shape index (κ3) is 3.33. The number of hydrogen-bond acceptors (Lipinski definition) is 5. The molecule has 4 rings (SSSR count). The van der Waals surface area contributed by atoms with Crippen molar-refractivity contribution < 1.29 is 9.53 Å². The molecule has 0 bridgehead atoms. The Morgan fingerprint density at radius 3 is 2.89 bits per heavy atom. The zero-order valence-electron chi connectivity index (χ0n) is 15.3. The van der Waals surface area contributed by atoms with Crippen LogP contribution >= 0.6 is 0 Å². The van der Waals surface area contributed by atoms with E-state index in [1.165, 1.54) is 5.56 Å². The Balaban J connectivity index is 1.60. The fraction of sp³-hybridized carbons (Fsp3) is 0.190. The molecule has 1 aliphatic rings. The van der Waals surface area contributed by atoms with Crippen molar-refractivity contribution in [2.45, 2.75) is 13.3 Å². The number of anilines is 3. The molecule has 0 spiro atoms. The SMILES string of the molecule is COc1ccc(C)cc1NC(=O)c1ccnc(N2CCc3ccccc32)n1. The second-order valence-electron chi connectivity index (χ2n) is 6.43. The highest BCUT2D eigenvalue weighted by atomic mass is 16.5. The number of methoxy groups -OCH3 is 1. The molecule has 0 saturated heterocycles. The quantitative estimate of drug-likeness (QED) is 0.768. The van der Waals surface area contributed by atoms with Crippen LogP contribution in [-0.4, -0.2) is 29.5 Å². The maximum absolute atomic E-state index is 12.7. The molecule has 6 heteroatoms. The monoisotopic (exact) mass is 360 g/mol. The summed E-state index contributed by atoms with van der Waals surface area (Å²) in [6.45, 7) is 2.76. The zero-order valence-corrected chi connectivity index (χ0v) is 15.3. The summed E-state index contributed by atoms with van der Waals surface area (Å²) < 4.78 is 5.33. The Hall–Kier alpha value is -3.41. The minimum absolute atomic E-state index is 0.296. The van der Waals surface area contributed by atoms with Crippen molar-refractivity contribution in [3.8, 4) is 5.75 Å². The molecule has 136 valence electrons. The minimum Gasteiger partial charge on any atom is -0.495 e. The number of benzene rings is 2. The molecule has 1 N–H and O–H groups in total. The lowest BCUT2D eigenvalue weighted by atomic mass is 10.2. The highest BCUT2D eigenvalue weighted by molar-refractivity contribution is 6.03. The van der Waals surface area contributed by atoms with Crippen LogP contribution in [0.15, 0.2) is 54.7 Å². The molecule has 0 saturated carbocycles. The van der Waals surface area contributed by atoms with Crippen LogP contribution in [0.5, 0.6) is 5.75 Å². The Morgan fingerprint density at radius 1 is 1.19 bits per heavy atom. The molecule has 1 aliphatic heterocycles. The topological polar surface area (TPSA) is 67.3 Å². The molecule has 6 nitrogen and oxygen atoms in total. The van der Waals surface area contributed by atoms with Crippen molar-refractivity contribution in [2.75, 3.05) is 23.9 Å². The normalized spacial score (nSPS) is 12.6. The van der Waals surface area contributed by atoms with Gasteiger partial charge < -0.3 is 15.0 Å². The van der Waals surface area contributed by atoms with Crippen molar-refractivity contribution >= 4 is 23.2 Å². The molecule has 27 heavy (non-hydrogen) atoms. The first-order valence-electron chi connectivity index (χ1n) is 8.80. The fourth-order valence-corrected chi connectivity index (χ4v) is 3.26. The van der Waals surface area contributed by atoms with E-state index in [4.69, 9.17) is 4.74 Å². The Morgan fingerprint density at radius 2 is 2.04 bits per heavy atom. The van der Waals surface area contributed by atoms with E-state index >= 15 is 0 Å². The molecule has 0 fully saturated rings. The number of hydrogen-bond donors (Lipinski definition) is 1. The van der Waals surface area contributed by atoms with E-state index in [1.54, 1.807) is 19.4 Å². The number of aromatic nitrogens is 2. The van der Waals surface area contributed by atoms with Crippen LogP contribution in [0.25, 0.3) is 0 Å². The van der Waals surface area contributed by atoms with Crippen molar-refractivity contribution in [2.24, 2.45) is 0 Å². The number of carbonyl (C=O) groups excluding carboxylic acids is 1. The van der Waals surface area contributed by atoms with E-state index in [2.05, 4.69) is 27.4 Å². The van der Waals surface area contributed by atoms with Crippen LogP contribution in [0.3, 0.4) is 0 Å². The molecule has 0 radical (unpaired) electrons. The van der Waals surface area contributed by atoms with E-state index in [1.807, 2.05) is 42.2 Å². The molecule has 2 heterocycles. The van der Waals surface area contributed by atoms with Crippen LogP contribution in [0.2, 0.25) is 0 Å². The van der Waals surface area contributed by atoms with Gasteiger partial charge in [0.25, 0.3) is 5.91 Å². The number of aryl methyl sites for hydroxylation is 1. The first kappa shape index (κ1) is 17.0. The first-order valence-corrected chi connectivity index (χ1v) is 8.80. The molecule has 0 aliphatic carbocycles. The average molecular weight is 360 g/mol. The third-order valence-electron chi connectivity index (χ3n) is 4.61. The van der Waals surface area contributed by atoms with Crippen LogP contribution in [-0.2, 0) is 6.42 Å². The van der Waals surface area contributed by atoms with Crippen LogP contribution in [0.1, 0.15) is 21.6 Å². The maximum atomic E-state index is 12.7. The van der Waals surface area contributed by atoms with Crippen LogP contribution in [0.4, 0.5) is 17.3 Å². The maximum Gasteiger partial charge on any atom is 0.274 e. The summed E-state index contributed by atoms with van der Waals surface area (Å²) in [6, 6.07) is 15.4. The third-order valence-corrected chi connectivity index (χ3v) is 4.61. The number of para-hydroxylation sites is 1. The Labute approximate surface area is 157 Å². The second-order valence-corrected chi connectivity index (χ2v) is 6.43. The lowest BCUT2D eigenvalue weighted by Crippen LogP contribution is -2.20. The zero-order chi connectivity index (χ0) is 18.8. The molecule has 1 amide bonds. The fourth-order valence-electron chi connectivity index (χ4n) is 3.26. The Kier molecular flexibility index (Phi) is 4.46. The summed E-state index contributed by atoms with van der Waals surface area (Å²) in [4.78, 5) is 23.6. The number of ether oxygens (including phenoxy) is 1. The summed E-state index contributed by atoms with van der Waals surface area (Å²) in [5.41, 5.74) is 4.32. The molecule has 0 unspecified atom stereocenters. The van der Waals surface area contributed by atoms with E-state index in [9.17, 15) is 4.79 Å². The van der Waals surface area contributed by atoms with Gasteiger partial charge in [-0.1, -0.05) is 24.3 Å². The van der Waals surface area contributed by atoms with Gasteiger partial charge in [-0.25, -0.2) is 9.97 Å². The molecule has 0 atom stereocenters. The van der Waals surface area contributed by atoms with Gasteiger partial charge in [0.2, 0.25) is 5.95 Å². The number of rotatable bonds is 4. The molecule has 1 aromatic heterocycles. The summed E-state index contributed by atoms with van der Waals surface area (Å²) in [7, 11) is 1.58. The summed E-state index contributed by atoms with van der Waals surface area (Å²) >= 11 is 0. The number of nitrogens with one attached hydrogen (secondary N) is 1. The van der Waals surface area contributed by atoms with E-state index in [-0.39, 0.29) is 5.91 Å². The predicted molar refractivity (Wildman–Crippen MR) is 105 cm³/mol. The van der Waals surface area contributed by atoms with Gasteiger partial charge in [0.1, 0.15) is 11.4 Å². The summed E-state index contributed by atoms with van der Waals surface area (Å²) in [5.74, 6) is 0.843. The second kappa shape index (κ2) is 7.07. The highest BCUT2D eigenvalue weighted by Crippen LogP contribution is 2.32. The average Bonchev–Trinajstić information content (AvgIpc) is 3.12. The lowest BCUT2D eigenvalue weighted by Gasteiger charge is -2.17. The van der Waals surface area contributed by atoms with Gasteiger partial charge >= 0.3 is 0 Å². The van der Waals surface area contributed by atoms with Gasteiger partial charge in [0, 0.05) is 18.4 Å². The summed E-state index contributed by atoms with van der Waals surface area (Å²) in [5, 5.41) is 2.88. The van der Waals surface area contributed by atoms with Crippen molar-refractivity contribution in [3.63, 3.8) is 0 Å². The van der Waals surface area contributed by atoms with Crippen LogP contribution < -0.4 is 15.0 Å². The van der Waals surface area contributed by atoms with Gasteiger partial charge in [-0.3, -0.25) is 4.79 Å². The largest absolute Gasteiger partial charge is 0.495 e. The van der Waals surface area contributed by atoms with E-state index in [0.717, 1.165) is 24.2 Å². The van der Waals surface area contributed by atoms with Gasteiger partial charge in [-0.15, -0.1) is 0 Å². The van der Waals surface area contributed by atoms with Gasteiger partial charge in [-0.2, -0.15) is 0 Å². The van der Waals surface area contributed by atoms with Crippen molar-refractivity contribution in [1.29, 1.82) is 0 Å². The van der Waals surface area contributed by atoms with Crippen molar-refractivity contribution in [1.82, 2.24) is 9.97 Å². The van der Waals surface area contributed by atoms with Crippen LogP contribution in [0, 0.1) is 6.92 Å². The number of amides is 1. The lowest BCUT2D eigenvalue weighted by molar-refractivity contribution is 0.102. The van der Waals surface area contributed by atoms with Gasteiger partial charge in [0.15, 0.2) is 0 Å². The number of carbonyl (C=O) groups is 1. The van der Waals surface area contributed by atoms with Gasteiger partial charge in [0.05, 0.1) is 12.8 Å². The van der Waals surface area contributed by atoms with Crippen molar-refractivity contribution in [3.05, 3.63) is 71.5 Å². The molecule has 3 aromatic rings. The Bertz CT molecular complexity index is 1000. The minimum atomic E-state index is -0.296. The smallest absolute Gasteiger partial charge is 0.274 e. The molecular weight excluding hydrogens is 340 g/mol. The number of nitrogens with zero attached hydrogens (tertiary/aromatic N) is 3. The van der Waals surface area contributed by atoms with E-state index < -0.39 is 0 Å². The highest BCUT2D eigenvalue weighted by Gasteiger charge is 2.23. The standard InChI is InChI=1S/C21H20N4O2/c1-14-7-8-19(27-2)17(13-14)23-20(26)16-9-11-22-21(24-16)25-12-10-15-5-3-4-6-18(15)25/h3-9,11,13H,10,12H2,1-2H3,(H,23,26). The van der Waals surface area contributed by atoms with E-state index in [0.29, 0.717) is 23.1 Å².